The van der Waals surface area contributed by atoms with Crippen molar-refractivity contribution in [3.63, 3.8) is 0 Å². The van der Waals surface area contributed by atoms with Gasteiger partial charge in [-0.3, -0.25) is 4.79 Å². The zero-order valence-electron chi connectivity index (χ0n) is 13.4. The first-order chi connectivity index (χ1) is 12.0. The lowest BCUT2D eigenvalue weighted by molar-refractivity contribution is -0.149. The molecule has 0 unspecified atom stereocenters. The number of fused-ring (bicyclic) bond motifs is 1. The highest BCUT2D eigenvalue weighted by Crippen LogP contribution is 2.32. The summed E-state index contributed by atoms with van der Waals surface area (Å²) in [6.45, 7) is 1.33. The average Bonchev–Trinajstić information content (AvgIpc) is 3.08. The van der Waals surface area contributed by atoms with Gasteiger partial charge in [0.1, 0.15) is 5.75 Å². The second kappa shape index (κ2) is 7.57. The molecular weight excluding hydrogens is 392 g/mol. The van der Waals surface area contributed by atoms with Gasteiger partial charge in [0, 0.05) is 10.0 Å². The maximum atomic E-state index is 12.1. The first-order valence-corrected chi connectivity index (χ1v) is 8.34. The van der Waals surface area contributed by atoms with Crippen molar-refractivity contribution in [3.05, 3.63) is 52.5 Å². The van der Waals surface area contributed by atoms with Crippen molar-refractivity contribution in [2.75, 3.05) is 13.4 Å². The molecule has 0 spiro atoms. The Hall–Kier alpha value is -2.54. The molecule has 1 aliphatic rings. The lowest BCUT2D eigenvalue weighted by Crippen LogP contribution is -2.28. The van der Waals surface area contributed by atoms with E-state index in [0.717, 1.165) is 4.47 Å². The Morgan fingerprint density at radius 1 is 1.12 bits per heavy atom. The van der Waals surface area contributed by atoms with Crippen molar-refractivity contribution >= 4 is 27.7 Å². The topological polar surface area (TPSA) is 71.1 Å². The molecule has 130 valence electrons. The highest BCUT2D eigenvalue weighted by molar-refractivity contribution is 9.10. The number of benzene rings is 2. The van der Waals surface area contributed by atoms with Gasteiger partial charge in [-0.25, -0.2) is 4.79 Å². The Bertz CT molecular complexity index is 787. The number of carbonyl (C=O) groups excluding carboxylic acids is 2. The molecule has 0 bridgehead atoms. The molecular formula is C18H15BrO6. The van der Waals surface area contributed by atoms with Gasteiger partial charge < -0.3 is 18.9 Å². The molecule has 1 atom stereocenters. The minimum Gasteiger partial charge on any atom is -0.479 e. The molecule has 2 aromatic carbocycles. The third-order valence-electron chi connectivity index (χ3n) is 3.50. The second-order valence-corrected chi connectivity index (χ2v) is 6.23. The van der Waals surface area contributed by atoms with Crippen LogP contribution in [-0.4, -0.2) is 31.3 Å². The summed E-state index contributed by atoms with van der Waals surface area (Å²) in [5.74, 6) is 0.684. The number of esters is 1. The van der Waals surface area contributed by atoms with Crippen molar-refractivity contribution in [1.29, 1.82) is 0 Å². The van der Waals surface area contributed by atoms with E-state index in [1.54, 1.807) is 49.4 Å². The molecule has 0 amide bonds. The number of ether oxygens (including phenoxy) is 4. The summed E-state index contributed by atoms with van der Waals surface area (Å²) in [5.41, 5.74) is 0.388. The monoisotopic (exact) mass is 406 g/mol. The van der Waals surface area contributed by atoms with Gasteiger partial charge in [-0.2, -0.15) is 0 Å². The highest BCUT2D eigenvalue weighted by atomic mass is 79.9. The fraction of sp³-hybridized carbons (Fsp3) is 0.222. The number of Topliss-reactive ketones (excluding diaryl/α,β-unsaturated/α-hetero) is 1. The van der Waals surface area contributed by atoms with Gasteiger partial charge in [0.2, 0.25) is 6.79 Å². The van der Waals surface area contributed by atoms with Crippen LogP contribution in [0.25, 0.3) is 0 Å². The van der Waals surface area contributed by atoms with Crippen molar-refractivity contribution in [2.24, 2.45) is 0 Å². The Kier molecular flexibility index (Phi) is 5.23. The van der Waals surface area contributed by atoms with Crippen molar-refractivity contribution < 1.29 is 28.5 Å². The SMILES string of the molecule is C[C@@H](Oc1ccc(Br)cc1)C(=O)OCC(=O)c1ccc2c(c1)OCO2. The third kappa shape index (κ3) is 4.30. The van der Waals surface area contributed by atoms with E-state index < -0.39 is 12.1 Å². The van der Waals surface area contributed by atoms with Crippen LogP contribution in [0.15, 0.2) is 46.9 Å². The summed E-state index contributed by atoms with van der Waals surface area (Å²) in [7, 11) is 0. The van der Waals surface area contributed by atoms with E-state index in [4.69, 9.17) is 18.9 Å². The molecule has 0 aromatic heterocycles. The number of halogens is 1. The molecule has 0 fully saturated rings. The Labute approximate surface area is 152 Å². The van der Waals surface area contributed by atoms with Gasteiger partial charge in [-0.05, 0) is 49.4 Å². The summed E-state index contributed by atoms with van der Waals surface area (Å²) in [5, 5.41) is 0. The zero-order valence-corrected chi connectivity index (χ0v) is 14.9. The summed E-state index contributed by atoms with van der Waals surface area (Å²) in [6, 6.07) is 11.9. The van der Waals surface area contributed by atoms with Crippen LogP contribution in [0.5, 0.6) is 17.2 Å². The summed E-state index contributed by atoms with van der Waals surface area (Å²) in [6.07, 6.45) is -0.828. The van der Waals surface area contributed by atoms with Gasteiger partial charge in [0.05, 0.1) is 0 Å². The molecule has 2 aromatic rings. The summed E-state index contributed by atoms with van der Waals surface area (Å²) >= 11 is 3.32. The van der Waals surface area contributed by atoms with Gasteiger partial charge in [-0.1, -0.05) is 15.9 Å². The second-order valence-electron chi connectivity index (χ2n) is 5.31. The standard InChI is InChI=1S/C18H15BrO6/c1-11(25-14-5-3-13(19)4-6-14)18(21)22-9-15(20)12-2-7-16-17(8-12)24-10-23-16/h2-8,11H,9-10H2,1H3/t11-/m1/s1. The minimum atomic E-state index is -0.828. The fourth-order valence-corrected chi connectivity index (χ4v) is 2.44. The van der Waals surface area contributed by atoms with Crippen LogP contribution in [0.2, 0.25) is 0 Å². The molecule has 1 heterocycles. The number of hydrogen-bond acceptors (Lipinski definition) is 6. The number of hydrogen-bond donors (Lipinski definition) is 0. The van der Waals surface area contributed by atoms with Gasteiger partial charge in [0.25, 0.3) is 0 Å². The van der Waals surface area contributed by atoms with E-state index >= 15 is 0 Å². The van der Waals surface area contributed by atoms with Crippen LogP contribution in [-0.2, 0) is 9.53 Å². The summed E-state index contributed by atoms with van der Waals surface area (Å²) in [4.78, 5) is 24.1. The Morgan fingerprint density at radius 2 is 1.84 bits per heavy atom. The van der Waals surface area contributed by atoms with Gasteiger partial charge in [-0.15, -0.1) is 0 Å². The van der Waals surface area contributed by atoms with E-state index in [9.17, 15) is 9.59 Å². The number of rotatable bonds is 6. The van der Waals surface area contributed by atoms with Crippen LogP contribution < -0.4 is 14.2 Å². The minimum absolute atomic E-state index is 0.132. The molecule has 0 radical (unpaired) electrons. The molecule has 6 nitrogen and oxygen atoms in total. The molecule has 3 rings (SSSR count). The molecule has 7 heteroatoms. The van der Waals surface area contributed by atoms with E-state index in [1.807, 2.05) is 0 Å². The fourth-order valence-electron chi connectivity index (χ4n) is 2.17. The highest BCUT2D eigenvalue weighted by Gasteiger charge is 2.20. The average molecular weight is 407 g/mol. The maximum Gasteiger partial charge on any atom is 0.347 e. The normalized spacial score (nSPS) is 13.2. The molecule has 0 saturated heterocycles. The predicted molar refractivity (Wildman–Crippen MR) is 92.1 cm³/mol. The first kappa shape index (κ1) is 17.3. The van der Waals surface area contributed by atoms with Gasteiger partial charge >= 0.3 is 5.97 Å². The first-order valence-electron chi connectivity index (χ1n) is 7.54. The molecule has 25 heavy (non-hydrogen) atoms. The van der Waals surface area contributed by atoms with E-state index in [0.29, 0.717) is 22.8 Å². The summed E-state index contributed by atoms with van der Waals surface area (Å²) < 4.78 is 21.8. The lowest BCUT2D eigenvalue weighted by atomic mass is 10.1. The quantitative estimate of drug-likeness (QED) is 0.540. The van der Waals surface area contributed by atoms with E-state index in [2.05, 4.69) is 15.9 Å². The largest absolute Gasteiger partial charge is 0.479 e. The number of ketones is 1. The lowest BCUT2D eigenvalue weighted by Gasteiger charge is -2.13. The smallest absolute Gasteiger partial charge is 0.347 e. The third-order valence-corrected chi connectivity index (χ3v) is 4.03. The molecule has 0 saturated carbocycles. The van der Waals surface area contributed by atoms with Crippen LogP contribution in [0.1, 0.15) is 17.3 Å². The Morgan fingerprint density at radius 3 is 2.60 bits per heavy atom. The molecule has 0 aliphatic carbocycles. The van der Waals surface area contributed by atoms with E-state index in [1.165, 1.54) is 0 Å². The van der Waals surface area contributed by atoms with Crippen molar-refractivity contribution in [1.82, 2.24) is 0 Å². The van der Waals surface area contributed by atoms with Crippen LogP contribution in [0.4, 0.5) is 0 Å². The predicted octanol–water partition coefficient (Wildman–Crippen LogP) is 3.37. The Balaban J connectivity index is 1.52. The molecule has 1 aliphatic heterocycles. The maximum absolute atomic E-state index is 12.1. The van der Waals surface area contributed by atoms with Crippen molar-refractivity contribution in [2.45, 2.75) is 13.0 Å². The van der Waals surface area contributed by atoms with Crippen LogP contribution in [0.3, 0.4) is 0 Å². The van der Waals surface area contributed by atoms with Gasteiger partial charge in [0.15, 0.2) is 30.0 Å². The molecule has 0 N–H and O–H groups in total. The van der Waals surface area contributed by atoms with Crippen molar-refractivity contribution in [3.8, 4) is 17.2 Å². The van der Waals surface area contributed by atoms with Crippen LogP contribution >= 0.6 is 15.9 Å². The van der Waals surface area contributed by atoms with E-state index in [-0.39, 0.29) is 19.2 Å². The number of carbonyl (C=O) groups is 2. The zero-order chi connectivity index (χ0) is 17.8. The van der Waals surface area contributed by atoms with Crippen LogP contribution in [0, 0.1) is 0 Å².